The number of thiocarbonyl (C=S) groups is 1. The van der Waals surface area contributed by atoms with E-state index in [1.54, 1.807) is 6.20 Å². The summed E-state index contributed by atoms with van der Waals surface area (Å²) in [7, 11) is 0. The Morgan fingerprint density at radius 3 is 3.07 bits per heavy atom. The van der Waals surface area contributed by atoms with E-state index in [-0.39, 0.29) is 0 Å². The second-order valence-corrected chi connectivity index (χ2v) is 3.29. The van der Waals surface area contributed by atoms with Crippen molar-refractivity contribution in [3.8, 4) is 11.3 Å². The summed E-state index contributed by atoms with van der Waals surface area (Å²) >= 11 is 5.72. The van der Waals surface area contributed by atoms with Crippen LogP contribution in [0.1, 0.15) is 0 Å². The molecular weight excluding hydrogens is 214 g/mol. The van der Waals surface area contributed by atoms with E-state index >= 15 is 0 Å². The highest BCUT2D eigenvalue weighted by Crippen LogP contribution is 2.22. The van der Waals surface area contributed by atoms with Crippen molar-refractivity contribution in [1.82, 2.24) is 8.75 Å². The van der Waals surface area contributed by atoms with Gasteiger partial charge in [-0.25, -0.2) is 0 Å². The quantitative estimate of drug-likeness (QED) is 0.575. The summed E-state index contributed by atoms with van der Waals surface area (Å²) in [5, 5.41) is 2.33. The van der Waals surface area contributed by atoms with E-state index in [2.05, 4.69) is 31.1 Å². The highest BCUT2D eigenvalue weighted by Gasteiger charge is 2.00. The van der Waals surface area contributed by atoms with E-state index in [1.165, 1.54) is 11.7 Å². The molecule has 0 amide bonds. The van der Waals surface area contributed by atoms with Crippen molar-refractivity contribution < 1.29 is 0 Å². The van der Waals surface area contributed by atoms with Crippen LogP contribution >= 0.6 is 23.9 Å². The van der Waals surface area contributed by atoms with E-state index in [9.17, 15) is 0 Å². The molecule has 5 heteroatoms. The Bertz CT molecular complexity index is 473. The molecule has 0 unspecified atom stereocenters. The largest absolute Gasteiger partial charge is 0.195 e. The topological polar surface area (TPSA) is 38.1 Å². The normalized spacial score (nSPS) is 9.43. The summed E-state index contributed by atoms with van der Waals surface area (Å²) in [5.74, 6) is 0. The molecule has 0 aliphatic heterocycles. The minimum Gasteiger partial charge on any atom is -0.195 e. The Labute approximate surface area is 90.5 Å². The van der Waals surface area contributed by atoms with Crippen LogP contribution in [0, 0.1) is 0 Å². The predicted octanol–water partition coefficient (Wildman–Crippen LogP) is 2.94. The fourth-order valence-electron chi connectivity index (χ4n) is 1.08. The Kier molecular flexibility index (Phi) is 2.74. The van der Waals surface area contributed by atoms with Crippen LogP contribution in [0.3, 0.4) is 0 Å². The number of hydrogen-bond donors (Lipinski definition) is 0. The summed E-state index contributed by atoms with van der Waals surface area (Å²) in [6.07, 6.45) is 1.73. The van der Waals surface area contributed by atoms with Gasteiger partial charge in [0.2, 0.25) is 0 Å². The van der Waals surface area contributed by atoms with Crippen molar-refractivity contribution in [2.75, 3.05) is 0 Å². The molecule has 68 valence electrons. The van der Waals surface area contributed by atoms with Crippen LogP contribution in [0.4, 0.5) is 5.69 Å². The number of isothiocyanates is 1. The second kappa shape index (κ2) is 4.19. The Morgan fingerprint density at radius 1 is 1.43 bits per heavy atom. The van der Waals surface area contributed by atoms with Crippen LogP contribution in [0.25, 0.3) is 11.3 Å². The van der Waals surface area contributed by atoms with Gasteiger partial charge in [0.25, 0.3) is 0 Å². The lowest BCUT2D eigenvalue weighted by Crippen LogP contribution is -1.75. The summed E-state index contributed by atoms with van der Waals surface area (Å²) in [6, 6.07) is 7.62. The van der Waals surface area contributed by atoms with E-state index in [0.717, 1.165) is 16.9 Å². The first-order valence-corrected chi connectivity index (χ1v) is 5.00. The minimum absolute atomic E-state index is 0.783. The number of nitrogens with zero attached hydrogens (tertiary/aromatic N) is 3. The fraction of sp³-hybridized carbons (Fsp3) is 0. The van der Waals surface area contributed by atoms with Gasteiger partial charge >= 0.3 is 0 Å². The van der Waals surface area contributed by atoms with Crippen LogP contribution in [0.2, 0.25) is 0 Å². The number of rotatable bonds is 2. The lowest BCUT2D eigenvalue weighted by atomic mass is 10.1. The van der Waals surface area contributed by atoms with Crippen LogP contribution in [0.15, 0.2) is 35.5 Å². The van der Waals surface area contributed by atoms with Gasteiger partial charge in [-0.3, -0.25) is 0 Å². The average Bonchev–Trinajstić information content (AvgIpc) is 2.71. The third kappa shape index (κ3) is 1.90. The Morgan fingerprint density at radius 2 is 2.36 bits per heavy atom. The molecule has 2 aromatic rings. The third-order valence-corrected chi connectivity index (χ3v) is 2.25. The van der Waals surface area contributed by atoms with E-state index < -0.39 is 0 Å². The van der Waals surface area contributed by atoms with Gasteiger partial charge < -0.3 is 0 Å². The molecule has 1 aromatic carbocycles. The number of aromatic nitrogens is 2. The van der Waals surface area contributed by atoms with Crippen molar-refractivity contribution in [2.45, 2.75) is 0 Å². The molecule has 1 aromatic heterocycles. The first kappa shape index (κ1) is 9.15. The first-order chi connectivity index (χ1) is 6.90. The number of aliphatic imine (C=N–C) groups is 1. The van der Waals surface area contributed by atoms with Gasteiger partial charge in [-0.1, -0.05) is 12.1 Å². The molecule has 0 atom stereocenters. The molecule has 0 spiro atoms. The zero-order valence-electron chi connectivity index (χ0n) is 7.04. The molecule has 0 bridgehead atoms. The smallest absolute Gasteiger partial charge is 0.104 e. The van der Waals surface area contributed by atoms with Crippen LogP contribution < -0.4 is 0 Å². The van der Waals surface area contributed by atoms with Crippen LogP contribution in [-0.2, 0) is 0 Å². The third-order valence-electron chi connectivity index (χ3n) is 1.68. The summed E-state index contributed by atoms with van der Waals surface area (Å²) in [4.78, 5) is 3.90. The summed E-state index contributed by atoms with van der Waals surface area (Å²) in [5.41, 5.74) is 2.63. The first-order valence-electron chi connectivity index (χ1n) is 3.86. The van der Waals surface area contributed by atoms with Gasteiger partial charge in [-0.15, -0.1) is 0 Å². The van der Waals surface area contributed by atoms with Crippen molar-refractivity contribution in [3.63, 3.8) is 0 Å². The molecular formula is C9H5N3S2. The molecule has 0 radical (unpaired) electrons. The lowest BCUT2D eigenvalue weighted by Gasteiger charge is -1.95. The van der Waals surface area contributed by atoms with Crippen molar-refractivity contribution in [1.29, 1.82) is 0 Å². The molecule has 0 aliphatic rings. The molecule has 0 saturated carbocycles. The molecule has 0 fully saturated rings. The summed E-state index contributed by atoms with van der Waals surface area (Å²) < 4.78 is 8.07. The number of hydrogen-bond acceptors (Lipinski definition) is 5. The zero-order chi connectivity index (χ0) is 9.80. The highest BCUT2D eigenvalue weighted by molar-refractivity contribution is 7.78. The summed E-state index contributed by atoms with van der Waals surface area (Å²) in [6.45, 7) is 0. The molecule has 1 heterocycles. The van der Waals surface area contributed by atoms with Crippen molar-refractivity contribution >= 4 is 34.8 Å². The van der Waals surface area contributed by atoms with Gasteiger partial charge in [-0.05, 0) is 24.4 Å². The highest BCUT2D eigenvalue weighted by atomic mass is 32.1. The average molecular weight is 219 g/mol. The van der Waals surface area contributed by atoms with Crippen LogP contribution in [0.5, 0.6) is 0 Å². The van der Waals surface area contributed by atoms with E-state index in [1.807, 2.05) is 24.3 Å². The Balaban J connectivity index is 2.45. The van der Waals surface area contributed by atoms with Gasteiger partial charge in [0.15, 0.2) is 0 Å². The lowest BCUT2D eigenvalue weighted by molar-refractivity contribution is 1.47. The maximum Gasteiger partial charge on any atom is 0.104 e. The van der Waals surface area contributed by atoms with E-state index in [4.69, 9.17) is 0 Å². The molecule has 3 nitrogen and oxygen atoms in total. The van der Waals surface area contributed by atoms with Gasteiger partial charge in [-0.2, -0.15) is 13.7 Å². The fourth-order valence-corrected chi connectivity index (χ4v) is 1.62. The molecule has 0 N–H and O–H groups in total. The van der Waals surface area contributed by atoms with E-state index in [0.29, 0.717) is 0 Å². The van der Waals surface area contributed by atoms with Crippen LogP contribution in [-0.4, -0.2) is 13.9 Å². The molecule has 14 heavy (non-hydrogen) atoms. The Hall–Kier alpha value is -1.42. The zero-order valence-corrected chi connectivity index (χ0v) is 8.68. The monoisotopic (exact) mass is 219 g/mol. The van der Waals surface area contributed by atoms with Crippen molar-refractivity contribution in [2.24, 2.45) is 4.99 Å². The predicted molar refractivity (Wildman–Crippen MR) is 60.0 cm³/mol. The van der Waals surface area contributed by atoms with Crippen molar-refractivity contribution in [3.05, 3.63) is 30.5 Å². The standard InChI is InChI=1S/C9H5N3S2/c13-6-10-8-3-1-2-7(4-8)9-5-11-14-12-9/h1-5H. The maximum atomic E-state index is 4.53. The maximum absolute atomic E-state index is 4.53. The molecule has 2 rings (SSSR count). The SMILES string of the molecule is S=C=Nc1cccc(-c2cnsn2)c1. The van der Waals surface area contributed by atoms with Gasteiger partial charge in [0.1, 0.15) is 5.69 Å². The molecule has 0 saturated heterocycles. The van der Waals surface area contributed by atoms with Gasteiger partial charge in [0.05, 0.1) is 28.8 Å². The minimum atomic E-state index is 0.783. The van der Waals surface area contributed by atoms with Gasteiger partial charge in [0, 0.05) is 5.56 Å². The second-order valence-electron chi connectivity index (χ2n) is 2.55. The molecule has 0 aliphatic carbocycles. The number of benzene rings is 1.